The Morgan fingerprint density at radius 3 is 2.57 bits per heavy atom. The Kier molecular flexibility index (Phi) is 5.27. The smallest absolute Gasteiger partial charge is 0.226 e. The number of anilines is 1. The summed E-state index contributed by atoms with van der Waals surface area (Å²) in [6, 6.07) is 12.3. The average Bonchev–Trinajstić information content (AvgIpc) is 3.33. The van der Waals surface area contributed by atoms with Crippen LogP contribution < -0.4 is 5.32 Å². The second-order valence-electron chi connectivity index (χ2n) is 8.25. The van der Waals surface area contributed by atoms with Crippen LogP contribution in [0.5, 0.6) is 0 Å². The van der Waals surface area contributed by atoms with Crippen LogP contribution in [0.3, 0.4) is 0 Å². The van der Waals surface area contributed by atoms with Crippen molar-refractivity contribution >= 4 is 22.5 Å². The molecule has 1 fully saturated rings. The maximum absolute atomic E-state index is 13.0. The third-order valence-electron chi connectivity index (χ3n) is 5.71. The number of carbonyl (C=O) groups excluding carboxylic acids is 1. The van der Waals surface area contributed by atoms with Gasteiger partial charge in [-0.2, -0.15) is 0 Å². The molecule has 0 spiro atoms. The average molecular weight is 380 g/mol. The van der Waals surface area contributed by atoms with Gasteiger partial charge in [0.25, 0.3) is 0 Å². The van der Waals surface area contributed by atoms with Gasteiger partial charge in [-0.15, -0.1) is 0 Å². The van der Waals surface area contributed by atoms with E-state index in [9.17, 15) is 4.79 Å². The third kappa shape index (κ3) is 3.72. The fourth-order valence-corrected chi connectivity index (χ4v) is 4.31. The number of nitrogens with one attached hydrogen (secondary N) is 1. The third-order valence-corrected chi connectivity index (χ3v) is 5.71. The number of fused-ring (bicyclic) bond motifs is 1. The lowest BCUT2D eigenvalue weighted by molar-refractivity contribution is -0.119. The summed E-state index contributed by atoms with van der Waals surface area (Å²) >= 11 is 0. The number of aromatic nitrogens is 2. The molecule has 1 aliphatic heterocycles. The standard InChI is InChI=1S/C23H29N3O2/c1-18(2)17-25-13-8-19-20(6-5-7-21(19)25)24-22(27)16-23(9-14-28-15-10-23)26-11-3-4-12-26/h3-8,11-13,18H,9-10,14-17H2,1-2H3,(H,24,27). The lowest BCUT2D eigenvalue weighted by Crippen LogP contribution is -2.42. The first kappa shape index (κ1) is 18.8. The van der Waals surface area contributed by atoms with E-state index in [-0.39, 0.29) is 11.4 Å². The fourth-order valence-electron chi connectivity index (χ4n) is 4.31. The summed E-state index contributed by atoms with van der Waals surface area (Å²) in [5.41, 5.74) is 1.85. The molecule has 0 bridgehead atoms. The van der Waals surface area contributed by atoms with Crippen molar-refractivity contribution in [3.05, 3.63) is 55.0 Å². The van der Waals surface area contributed by atoms with Crippen LogP contribution in [0.15, 0.2) is 55.0 Å². The highest BCUT2D eigenvalue weighted by Crippen LogP contribution is 2.34. The van der Waals surface area contributed by atoms with Gasteiger partial charge in [-0.1, -0.05) is 19.9 Å². The number of rotatable bonds is 6. The highest BCUT2D eigenvalue weighted by atomic mass is 16.5. The number of ether oxygens (including phenoxy) is 1. The fraction of sp³-hybridized carbons (Fsp3) is 0.435. The molecule has 4 rings (SSSR count). The number of benzene rings is 1. The van der Waals surface area contributed by atoms with E-state index in [0.717, 1.165) is 36.0 Å². The Bertz CT molecular complexity index is 934. The molecule has 0 aliphatic carbocycles. The van der Waals surface area contributed by atoms with Crippen LogP contribution in [0.4, 0.5) is 5.69 Å². The molecule has 1 N–H and O–H groups in total. The van der Waals surface area contributed by atoms with E-state index in [4.69, 9.17) is 4.74 Å². The highest BCUT2D eigenvalue weighted by molar-refractivity contribution is 6.01. The first-order valence-electron chi connectivity index (χ1n) is 10.2. The molecule has 0 radical (unpaired) electrons. The van der Waals surface area contributed by atoms with Gasteiger partial charge >= 0.3 is 0 Å². The van der Waals surface area contributed by atoms with Crippen LogP contribution in [-0.4, -0.2) is 28.3 Å². The van der Waals surface area contributed by atoms with Crippen LogP contribution in [0.2, 0.25) is 0 Å². The van der Waals surface area contributed by atoms with Crippen molar-refractivity contribution in [2.45, 2.75) is 45.2 Å². The van der Waals surface area contributed by atoms with E-state index >= 15 is 0 Å². The van der Waals surface area contributed by atoms with E-state index in [0.29, 0.717) is 25.6 Å². The first-order valence-corrected chi connectivity index (χ1v) is 10.2. The van der Waals surface area contributed by atoms with Crippen molar-refractivity contribution in [3.63, 3.8) is 0 Å². The van der Waals surface area contributed by atoms with Crippen molar-refractivity contribution in [1.29, 1.82) is 0 Å². The lowest BCUT2D eigenvalue weighted by Gasteiger charge is -2.38. The van der Waals surface area contributed by atoms with E-state index in [2.05, 4.69) is 59.0 Å². The van der Waals surface area contributed by atoms with Crippen molar-refractivity contribution in [2.75, 3.05) is 18.5 Å². The molecule has 1 aliphatic rings. The predicted molar refractivity (Wildman–Crippen MR) is 112 cm³/mol. The highest BCUT2D eigenvalue weighted by Gasteiger charge is 2.36. The summed E-state index contributed by atoms with van der Waals surface area (Å²) in [6.07, 6.45) is 8.39. The molecule has 2 aromatic heterocycles. The molecule has 1 saturated heterocycles. The van der Waals surface area contributed by atoms with Crippen LogP contribution in [-0.2, 0) is 21.6 Å². The van der Waals surface area contributed by atoms with Crippen LogP contribution in [0.25, 0.3) is 10.9 Å². The Morgan fingerprint density at radius 2 is 1.86 bits per heavy atom. The zero-order valence-corrected chi connectivity index (χ0v) is 16.7. The van der Waals surface area contributed by atoms with Crippen molar-refractivity contribution in [3.8, 4) is 0 Å². The molecule has 0 unspecified atom stereocenters. The van der Waals surface area contributed by atoms with E-state index in [1.807, 2.05) is 24.3 Å². The maximum Gasteiger partial charge on any atom is 0.226 e. The molecule has 1 aromatic carbocycles. The molecular weight excluding hydrogens is 350 g/mol. The van der Waals surface area contributed by atoms with Crippen LogP contribution in [0.1, 0.15) is 33.1 Å². The Morgan fingerprint density at radius 1 is 1.11 bits per heavy atom. The monoisotopic (exact) mass is 379 g/mol. The van der Waals surface area contributed by atoms with E-state index in [1.165, 1.54) is 0 Å². The van der Waals surface area contributed by atoms with Gasteiger partial charge in [-0.25, -0.2) is 0 Å². The molecule has 5 heteroatoms. The summed E-state index contributed by atoms with van der Waals surface area (Å²) in [6.45, 7) is 6.79. The SMILES string of the molecule is CC(C)Cn1ccc2c(NC(=O)CC3(n4cccc4)CCOCC3)cccc21. The molecule has 28 heavy (non-hydrogen) atoms. The molecule has 0 saturated carbocycles. The number of amides is 1. The van der Waals surface area contributed by atoms with Crippen molar-refractivity contribution in [2.24, 2.45) is 5.92 Å². The Hall–Kier alpha value is -2.53. The summed E-state index contributed by atoms with van der Waals surface area (Å²) in [5.74, 6) is 0.628. The molecule has 0 atom stereocenters. The topological polar surface area (TPSA) is 48.2 Å². The Labute approximate surface area is 166 Å². The molecule has 3 heterocycles. The summed E-state index contributed by atoms with van der Waals surface area (Å²) in [7, 11) is 0. The Balaban J connectivity index is 1.55. The van der Waals surface area contributed by atoms with E-state index in [1.54, 1.807) is 0 Å². The summed E-state index contributed by atoms with van der Waals surface area (Å²) < 4.78 is 10.0. The van der Waals surface area contributed by atoms with Crippen molar-refractivity contribution < 1.29 is 9.53 Å². The van der Waals surface area contributed by atoms with Gasteiger partial charge in [0.1, 0.15) is 0 Å². The normalized spacial score (nSPS) is 16.5. The number of carbonyl (C=O) groups is 1. The van der Waals surface area contributed by atoms with Gasteiger partial charge in [0.15, 0.2) is 0 Å². The van der Waals surface area contributed by atoms with Crippen LogP contribution in [0, 0.1) is 5.92 Å². The number of hydrogen-bond donors (Lipinski definition) is 1. The molecule has 148 valence electrons. The number of hydrogen-bond acceptors (Lipinski definition) is 2. The number of nitrogens with zero attached hydrogens (tertiary/aromatic N) is 2. The second kappa shape index (κ2) is 7.84. The van der Waals surface area contributed by atoms with Gasteiger partial charge in [0.2, 0.25) is 5.91 Å². The first-order chi connectivity index (χ1) is 13.6. The molecule has 3 aromatic rings. The predicted octanol–water partition coefficient (Wildman–Crippen LogP) is 4.63. The summed E-state index contributed by atoms with van der Waals surface area (Å²) in [4.78, 5) is 13.0. The molecular formula is C23H29N3O2. The minimum absolute atomic E-state index is 0.0553. The quantitative estimate of drug-likeness (QED) is 0.679. The second-order valence-corrected chi connectivity index (χ2v) is 8.25. The zero-order chi connectivity index (χ0) is 19.6. The zero-order valence-electron chi connectivity index (χ0n) is 16.7. The minimum Gasteiger partial charge on any atom is -0.381 e. The van der Waals surface area contributed by atoms with Gasteiger partial charge in [0.05, 0.1) is 23.2 Å². The molecule has 5 nitrogen and oxygen atoms in total. The largest absolute Gasteiger partial charge is 0.381 e. The van der Waals surface area contributed by atoms with Gasteiger partial charge in [-0.05, 0) is 49.1 Å². The summed E-state index contributed by atoms with van der Waals surface area (Å²) in [5, 5.41) is 4.28. The minimum atomic E-state index is -0.205. The van der Waals surface area contributed by atoms with Crippen LogP contribution >= 0.6 is 0 Å². The van der Waals surface area contributed by atoms with Gasteiger partial charge in [-0.3, -0.25) is 4.79 Å². The molecule has 1 amide bonds. The lowest BCUT2D eigenvalue weighted by atomic mass is 9.86. The maximum atomic E-state index is 13.0. The van der Waals surface area contributed by atoms with E-state index < -0.39 is 0 Å². The van der Waals surface area contributed by atoms with Crippen molar-refractivity contribution in [1.82, 2.24) is 9.13 Å². The van der Waals surface area contributed by atoms with Gasteiger partial charge < -0.3 is 19.2 Å². The van der Waals surface area contributed by atoms with Gasteiger partial charge in [0, 0.05) is 43.7 Å².